The summed E-state index contributed by atoms with van der Waals surface area (Å²) in [6.07, 6.45) is -2.73. The molecule has 0 radical (unpaired) electrons. The highest BCUT2D eigenvalue weighted by Crippen LogP contribution is 2.37. The van der Waals surface area contributed by atoms with Gasteiger partial charge in [-0.05, 0) is 55.1 Å². The van der Waals surface area contributed by atoms with E-state index in [0.29, 0.717) is 23.5 Å². The second-order valence-electron chi connectivity index (χ2n) is 6.24. The maximum atomic E-state index is 13.2. The smallest absolute Gasteiger partial charge is 0.416 e. The molecule has 0 N–H and O–H groups in total. The Morgan fingerprint density at radius 1 is 1.12 bits per heavy atom. The van der Waals surface area contributed by atoms with Gasteiger partial charge in [-0.15, -0.1) is 0 Å². The first kappa shape index (κ1) is 17.5. The average Bonchev–Trinajstić information content (AvgIpc) is 3.02. The van der Waals surface area contributed by atoms with Crippen molar-refractivity contribution in [2.24, 2.45) is 4.99 Å². The molecule has 0 aliphatic carbocycles. The van der Waals surface area contributed by atoms with Gasteiger partial charge in [-0.2, -0.15) is 13.2 Å². The van der Waals surface area contributed by atoms with Gasteiger partial charge in [0.1, 0.15) is 12.4 Å². The SMILES string of the molecule is CN(C)CCOc1ccc(-c2cc(C(F)(F)F)cc3c2C=NC3)cc1. The van der Waals surface area contributed by atoms with E-state index in [2.05, 4.69) is 4.99 Å². The second kappa shape index (κ2) is 6.88. The summed E-state index contributed by atoms with van der Waals surface area (Å²) in [5.41, 5.74) is 1.99. The van der Waals surface area contributed by atoms with Crippen LogP contribution < -0.4 is 4.74 Å². The summed E-state index contributed by atoms with van der Waals surface area (Å²) in [7, 11) is 3.92. The molecule has 0 unspecified atom stereocenters. The van der Waals surface area contributed by atoms with Crippen LogP contribution in [0.1, 0.15) is 16.7 Å². The van der Waals surface area contributed by atoms with Gasteiger partial charge < -0.3 is 9.64 Å². The molecule has 0 fully saturated rings. The molecule has 132 valence electrons. The number of likely N-dealkylation sites (N-methyl/N-ethyl adjacent to an activating group) is 1. The van der Waals surface area contributed by atoms with Gasteiger partial charge >= 0.3 is 6.18 Å². The van der Waals surface area contributed by atoms with Crippen molar-refractivity contribution >= 4 is 6.21 Å². The first-order chi connectivity index (χ1) is 11.8. The van der Waals surface area contributed by atoms with E-state index in [-0.39, 0.29) is 6.54 Å². The number of rotatable bonds is 5. The van der Waals surface area contributed by atoms with Gasteiger partial charge in [0.2, 0.25) is 0 Å². The third kappa shape index (κ3) is 4.02. The van der Waals surface area contributed by atoms with Crippen molar-refractivity contribution in [3.8, 4) is 16.9 Å². The lowest BCUT2D eigenvalue weighted by Gasteiger charge is -2.14. The number of ether oxygens (including phenoxy) is 1. The number of hydrogen-bond acceptors (Lipinski definition) is 3. The number of alkyl halides is 3. The van der Waals surface area contributed by atoms with Crippen molar-refractivity contribution in [1.82, 2.24) is 4.90 Å². The first-order valence-electron chi connectivity index (χ1n) is 7.96. The maximum absolute atomic E-state index is 13.2. The van der Waals surface area contributed by atoms with E-state index in [1.807, 2.05) is 19.0 Å². The van der Waals surface area contributed by atoms with Crippen LogP contribution in [0.25, 0.3) is 11.1 Å². The fraction of sp³-hybridized carbons (Fsp3) is 0.316. The highest BCUT2D eigenvalue weighted by molar-refractivity contribution is 5.94. The highest BCUT2D eigenvalue weighted by Gasteiger charge is 2.32. The maximum Gasteiger partial charge on any atom is 0.416 e. The number of hydrogen-bond donors (Lipinski definition) is 0. The molecule has 0 spiro atoms. The summed E-state index contributed by atoms with van der Waals surface area (Å²) >= 11 is 0. The Bertz CT molecular complexity index is 780. The molecule has 0 bridgehead atoms. The van der Waals surface area contributed by atoms with Gasteiger partial charge in [0.25, 0.3) is 0 Å². The Morgan fingerprint density at radius 3 is 2.48 bits per heavy atom. The van der Waals surface area contributed by atoms with Gasteiger partial charge in [-0.25, -0.2) is 0 Å². The summed E-state index contributed by atoms with van der Waals surface area (Å²) < 4.78 is 45.1. The van der Waals surface area contributed by atoms with E-state index in [1.165, 1.54) is 12.1 Å². The molecule has 1 aliphatic rings. The molecule has 25 heavy (non-hydrogen) atoms. The summed E-state index contributed by atoms with van der Waals surface area (Å²) in [5.74, 6) is 0.697. The van der Waals surface area contributed by atoms with Gasteiger partial charge in [0.05, 0.1) is 12.1 Å². The molecule has 3 nitrogen and oxygen atoms in total. The quantitative estimate of drug-likeness (QED) is 0.807. The largest absolute Gasteiger partial charge is 0.492 e. The topological polar surface area (TPSA) is 24.8 Å². The zero-order chi connectivity index (χ0) is 18.0. The lowest BCUT2D eigenvalue weighted by Crippen LogP contribution is -2.19. The minimum absolute atomic E-state index is 0.290. The first-order valence-corrected chi connectivity index (χ1v) is 7.96. The molecule has 2 aromatic rings. The van der Waals surface area contributed by atoms with Crippen molar-refractivity contribution < 1.29 is 17.9 Å². The van der Waals surface area contributed by atoms with E-state index in [1.54, 1.807) is 30.5 Å². The zero-order valence-electron chi connectivity index (χ0n) is 14.1. The van der Waals surface area contributed by atoms with E-state index >= 15 is 0 Å². The van der Waals surface area contributed by atoms with Crippen LogP contribution >= 0.6 is 0 Å². The third-order valence-electron chi connectivity index (χ3n) is 4.05. The minimum Gasteiger partial charge on any atom is -0.492 e. The van der Waals surface area contributed by atoms with Gasteiger partial charge in [-0.3, -0.25) is 4.99 Å². The molecule has 0 aromatic heterocycles. The molecule has 0 saturated carbocycles. The number of aliphatic imine (C=N–C) groups is 1. The lowest BCUT2D eigenvalue weighted by molar-refractivity contribution is -0.137. The average molecular weight is 348 g/mol. The fourth-order valence-electron chi connectivity index (χ4n) is 2.71. The molecule has 1 heterocycles. The molecule has 2 aromatic carbocycles. The zero-order valence-corrected chi connectivity index (χ0v) is 14.1. The molecule has 0 amide bonds. The van der Waals surface area contributed by atoms with Crippen LogP contribution in [0.3, 0.4) is 0 Å². The summed E-state index contributed by atoms with van der Waals surface area (Å²) in [5, 5.41) is 0. The Hall–Kier alpha value is -2.34. The minimum atomic E-state index is -4.37. The molecule has 6 heteroatoms. The molecule has 0 saturated heterocycles. The Labute approximate surface area is 144 Å². The molecule has 1 aliphatic heterocycles. The molecule has 3 rings (SSSR count). The van der Waals surface area contributed by atoms with Crippen LogP contribution in [0.4, 0.5) is 13.2 Å². The second-order valence-corrected chi connectivity index (χ2v) is 6.24. The van der Waals surface area contributed by atoms with E-state index < -0.39 is 11.7 Å². The number of fused-ring (bicyclic) bond motifs is 1. The number of benzene rings is 2. The van der Waals surface area contributed by atoms with Gasteiger partial charge in [-0.1, -0.05) is 12.1 Å². The lowest BCUT2D eigenvalue weighted by atomic mass is 9.94. The molecular formula is C19H19F3N2O. The van der Waals surface area contributed by atoms with Crippen LogP contribution in [-0.2, 0) is 12.7 Å². The van der Waals surface area contributed by atoms with Gasteiger partial charge in [0.15, 0.2) is 0 Å². The van der Waals surface area contributed by atoms with Crippen LogP contribution in [0.15, 0.2) is 41.4 Å². The molecule has 0 atom stereocenters. The molecular weight excluding hydrogens is 329 g/mol. The third-order valence-corrected chi connectivity index (χ3v) is 4.05. The Balaban J connectivity index is 1.88. The summed E-state index contributed by atoms with van der Waals surface area (Å²) in [6, 6.07) is 9.51. The highest BCUT2D eigenvalue weighted by atomic mass is 19.4. The fourth-order valence-corrected chi connectivity index (χ4v) is 2.71. The Morgan fingerprint density at radius 2 is 1.84 bits per heavy atom. The number of nitrogens with zero attached hydrogens (tertiary/aromatic N) is 2. The predicted octanol–water partition coefficient (Wildman–Crippen LogP) is 4.25. The van der Waals surface area contributed by atoms with E-state index in [4.69, 9.17) is 4.74 Å². The van der Waals surface area contributed by atoms with Crippen molar-refractivity contribution in [3.05, 3.63) is 53.1 Å². The Kier molecular flexibility index (Phi) is 4.81. The summed E-state index contributed by atoms with van der Waals surface area (Å²) in [6.45, 7) is 1.63. The van der Waals surface area contributed by atoms with Crippen LogP contribution in [-0.4, -0.2) is 38.4 Å². The van der Waals surface area contributed by atoms with Gasteiger partial charge in [0, 0.05) is 18.3 Å². The van der Waals surface area contributed by atoms with Crippen molar-refractivity contribution in [2.45, 2.75) is 12.7 Å². The number of halogens is 3. The van der Waals surface area contributed by atoms with Crippen molar-refractivity contribution in [1.29, 1.82) is 0 Å². The van der Waals surface area contributed by atoms with Crippen LogP contribution in [0.5, 0.6) is 5.75 Å². The standard InChI is InChI=1S/C19H19F3N2O/c1-24(2)7-8-25-16-5-3-13(4-6-16)17-10-15(19(20,21)22)9-14-11-23-12-18(14)17/h3-6,9-10,12H,7-8,11H2,1-2H3. The monoisotopic (exact) mass is 348 g/mol. The van der Waals surface area contributed by atoms with Crippen molar-refractivity contribution in [3.63, 3.8) is 0 Å². The summed E-state index contributed by atoms with van der Waals surface area (Å²) in [4.78, 5) is 6.13. The van der Waals surface area contributed by atoms with E-state index in [9.17, 15) is 13.2 Å². The van der Waals surface area contributed by atoms with E-state index in [0.717, 1.165) is 17.7 Å². The van der Waals surface area contributed by atoms with Crippen LogP contribution in [0.2, 0.25) is 0 Å². The normalized spacial score (nSPS) is 13.4. The van der Waals surface area contributed by atoms with Crippen LogP contribution in [0, 0.1) is 0 Å². The van der Waals surface area contributed by atoms with Crippen molar-refractivity contribution in [2.75, 3.05) is 27.2 Å². The predicted molar refractivity (Wildman–Crippen MR) is 92.2 cm³/mol.